The van der Waals surface area contributed by atoms with Gasteiger partial charge in [-0.1, -0.05) is 19.3 Å². The van der Waals surface area contributed by atoms with Crippen LogP contribution in [0.4, 0.5) is 5.82 Å². The van der Waals surface area contributed by atoms with Gasteiger partial charge in [-0.3, -0.25) is 9.59 Å². The number of primary amides is 1. The fraction of sp³-hybridized carbons (Fsp3) is 0.533. The first-order valence-corrected chi connectivity index (χ1v) is 7.22. The summed E-state index contributed by atoms with van der Waals surface area (Å²) in [5, 5.41) is 12.3. The highest BCUT2D eigenvalue weighted by Gasteiger charge is 2.34. The van der Waals surface area contributed by atoms with Crippen LogP contribution >= 0.6 is 0 Å². The zero-order valence-electron chi connectivity index (χ0n) is 12.0. The van der Waals surface area contributed by atoms with E-state index in [-0.39, 0.29) is 11.8 Å². The van der Waals surface area contributed by atoms with Gasteiger partial charge in [0.15, 0.2) is 0 Å². The van der Waals surface area contributed by atoms with Crippen LogP contribution in [0.5, 0.6) is 0 Å². The second-order valence-electron chi connectivity index (χ2n) is 5.78. The number of carbonyl (C=O) groups excluding carboxylic acids is 1. The third-order valence-electron chi connectivity index (χ3n) is 4.13. The number of carbonyl (C=O) groups is 2. The average Bonchev–Trinajstić information content (AvgIpc) is 2.46. The number of hydrogen-bond acceptors (Lipinski definition) is 4. The Morgan fingerprint density at radius 1 is 1.33 bits per heavy atom. The van der Waals surface area contributed by atoms with Gasteiger partial charge in [0.1, 0.15) is 5.82 Å². The van der Waals surface area contributed by atoms with E-state index in [0.717, 1.165) is 32.1 Å². The molecule has 1 aliphatic rings. The van der Waals surface area contributed by atoms with Gasteiger partial charge in [-0.25, -0.2) is 4.98 Å². The van der Waals surface area contributed by atoms with E-state index in [4.69, 9.17) is 10.8 Å². The molecule has 0 saturated heterocycles. The molecule has 0 bridgehead atoms. The Bertz CT molecular complexity index is 525. The summed E-state index contributed by atoms with van der Waals surface area (Å²) >= 11 is 0. The number of aromatic nitrogens is 1. The van der Waals surface area contributed by atoms with Crippen molar-refractivity contribution in [2.45, 2.75) is 38.5 Å². The summed E-state index contributed by atoms with van der Waals surface area (Å²) in [6, 6.07) is 3.15. The summed E-state index contributed by atoms with van der Waals surface area (Å²) in [5.74, 6) is -0.711. The fourth-order valence-corrected chi connectivity index (χ4v) is 3.00. The third-order valence-corrected chi connectivity index (χ3v) is 4.13. The molecule has 6 heteroatoms. The van der Waals surface area contributed by atoms with Gasteiger partial charge in [0.05, 0.1) is 6.42 Å². The van der Waals surface area contributed by atoms with E-state index in [1.54, 1.807) is 12.1 Å². The molecular formula is C15H21N3O3. The first-order chi connectivity index (χ1) is 10.0. The van der Waals surface area contributed by atoms with Gasteiger partial charge in [0.25, 0.3) is 0 Å². The zero-order chi connectivity index (χ0) is 15.3. The molecule has 1 aromatic heterocycles. The number of amides is 1. The molecule has 1 heterocycles. The molecule has 1 saturated carbocycles. The minimum atomic E-state index is -0.766. The highest BCUT2D eigenvalue weighted by Crippen LogP contribution is 2.39. The normalized spacial score (nSPS) is 17.1. The molecule has 1 amide bonds. The van der Waals surface area contributed by atoms with Crippen molar-refractivity contribution in [2.75, 3.05) is 11.9 Å². The Morgan fingerprint density at radius 3 is 2.67 bits per heavy atom. The lowest BCUT2D eigenvalue weighted by molar-refractivity contribution is -0.140. The maximum Gasteiger partial charge on any atom is 0.303 e. The van der Waals surface area contributed by atoms with Gasteiger partial charge >= 0.3 is 5.97 Å². The number of pyridine rings is 1. The largest absolute Gasteiger partial charge is 0.481 e. The van der Waals surface area contributed by atoms with Crippen LogP contribution in [-0.2, 0) is 4.79 Å². The van der Waals surface area contributed by atoms with E-state index in [9.17, 15) is 9.59 Å². The molecule has 1 fully saturated rings. The van der Waals surface area contributed by atoms with Gasteiger partial charge in [-0.05, 0) is 30.4 Å². The number of nitrogens with zero attached hydrogens (tertiary/aromatic N) is 1. The van der Waals surface area contributed by atoms with Crippen LogP contribution in [0.3, 0.4) is 0 Å². The summed E-state index contributed by atoms with van der Waals surface area (Å²) in [5.41, 5.74) is 5.41. The van der Waals surface area contributed by atoms with E-state index in [2.05, 4.69) is 10.3 Å². The molecule has 2 rings (SSSR count). The van der Waals surface area contributed by atoms with Gasteiger partial charge in [-0.2, -0.15) is 0 Å². The van der Waals surface area contributed by atoms with Crippen LogP contribution in [0.25, 0.3) is 0 Å². The lowest BCUT2D eigenvalue weighted by atomic mass is 9.71. The molecule has 1 aliphatic carbocycles. The van der Waals surface area contributed by atoms with E-state index >= 15 is 0 Å². The van der Waals surface area contributed by atoms with Crippen LogP contribution in [0.2, 0.25) is 0 Å². The van der Waals surface area contributed by atoms with E-state index in [1.807, 2.05) is 0 Å². The molecule has 4 N–H and O–H groups in total. The quantitative estimate of drug-likeness (QED) is 0.743. The summed E-state index contributed by atoms with van der Waals surface area (Å²) in [6.07, 6.45) is 6.77. The monoisotopic (exact) mass is 291 g/mol. The summed E-state index contributed by atoms with van der Waals surface area (Å²) in [6.45, 7) is 0.550. The van der Waals surface area contributed by atoms with Crippen molar-refractivity contribution >= 4 is 17.7 Å². The number of carboxylic acids is 1. The van der Waals surface area contributed by atoms with Gasteiger partial charge in [-0.15, -0.1) is 0 Å². The molecular weight excluding hydrogens is 270 g/mol. The number of nitrogens with one attached hydrogen (secondary N) is 1. The molecule has 114 valence electrons. The van der Waals surface area contributed by atoms with E-state index in [1.165, 1.54) is 6.20 Å². The minimum absolute atomic E-state index is 0.162. The molecule has 0 aromatic carbocycles. The SMILES string of the molecule is NC(=O)c1ccnc(NCC2(CC(=O)O)CCCCC2)c1. The van der Waals surface area contributed by atoms with Crippen LogP contribution < -0.4 is 11.1 Å². The van der Waals surface area contributed by atoms with Crippen molar-refractivity contribution < 1.29 is 14.7 Å². The summed E-state index contributed by atoms with van der Waals surface area (Å²) < 4.78 is 0. The second kappa shape index (κ2) is 6.56. The Hall–Kier alpha value is -2.11. The number of rotatable bonds is 6. The van der Waals surface area contributed by atoms with Crippen molar-refractivity contribution in [2.24, 2.45) is 11.1 Å². The number of anilines is 1. The summed E-state index contributed by atoms with van der Waals surface area (Å²) in [7, 11) is 0. The van der Waals surface area contributed by atoms with E-state index < -0.39 is 11.9 Å². The first-order valence-electron chi connectivity index (χ1n) is 7.22. The van der Waals surface area contributed by atoms with Crippen molar-refractivity contribution in [3.63, 3.8) is 0 Å². The minimum Gasteiger partial charge on any atom is -0.481 e. The smallest absolute Gasteiger partial charge is 0.303 e. The number of carboxylic acid groups (broad SMARTS) is 1. The molecule has 0 aliphatic heterocycles. The van der Waals surface area contributed by atoms with Crippen LogP contribution in [0.15, 0.2) is 18.3 Å². The predicted octanol–water partition coefficient (Wildman–Crippen LogP) is 2.02. The van der Waals surface area contributed by atoms with Crippen LogP contribution in [0, 0.1) is 5.41 Å². The highest BCUT2D eigenvalue weighted by molar-refractivity contribution is 5.93. The third kappa shape index (κ3) is 4.18. The maximum atomic E-state index is 11.2. The molecule has 0 spiro atoms. The topological polar surface area (TPSA) is 105 Å². The van der Waals surface area contributed by atoms with Crippen LogP contribution in [0.1, 0.15) is 48.9 Å². The Morgan fingerprint density at radius 2 is 2.05 bits per heavy atom. The Kier molecular flexibility index (Phi) is 4.77. The second-order valence-corrected chi connectivity index (χ2v) is 5.78. The molecule has 0 atom stereocenters. The Labute approximate surface area is 123 Å². The fourth-order valence-electron chi connectivity index (χ4n) is 3.00. The van der Waals surface area contributed by atoms with Crippen molar-refractivity contribution in [1.29, 1.82) is 0 Å². The van der Waals surface area contributed by atoms with Crippen molar-refractivity contribution in [1.82, 2.24) is 4.98 Å². The standard InChI is InChI=1S/C15H21N3O3/c16-14(21)11-4-7-17-12(8-11)18-10-15(9-13(19)20)5-2-1-3-6-15/h4,7-8H,1-3,5-6,9-10H2,(H2,16,21)(H,17,18)(H,19,20). The van der Waals surface area contributed by atoms with Crippen molar-refractivity contribution in [3.8, 4) is 0 Å². The van der Waals surface area contributed by atoms with Gasteiger partial charge in [0, 0.05) is 18.3 Å². The molecule has 0 unspecified atom stereocenters. The maximum absolute atomic E-state index is 11.2. The molecule has 1 aromatic rings. The lowest BCUT2D eigenvalue weighted by Crippen LogP contribution is -2.34. The van der Waals surface area contributed by atoms with Gasteiger partial charge < -0.3 is 16.2 Å². The van der Waals surface area contributed by atoms with E-state index in [0.29, 0.717) is 17.9 Å². The zero-order valence-corrected chi connectivity index (χ0v) is 12.0. The number of nitrogens with two attached hydrogens (primary N) is 1. The summed E-state index contributed by atoms with van der Waals surface area (Å²) in [4.78, 5) is 26.4. The Balaban J connectivity index is 2.06. The predicted molar refractivity (Wildman–Crippen MR) is 79.0 cm³/mol. The van der Waals surface area contributed by atoms with Crippen LogP contribution in [-0.4, -0.2) is 28.5 Å². The number of hydrogen-bond donors (Lipinski definition) is 3. The van der Waals surface area contributed by atoms with Crippen molar-refractivity contribution in [3.05, 3.63) is 23.9 Å². The van der Waals surface area contributed by atoms with Gasteiger partial charge in [0.2, 0.25) is 5.91 Å². The highest BCUT2D eigenvalue weighted by atomic mass is 16.4. The molecule has 21 heavy (non-hydrogen) atoms. The number of aliphatic carboxylic acids is 1. The lowest BCUT2D eigenvalue weighted by Gasteiger charge is -2.36. The average molecular weight is 291 g/mol. The molecule has 6 nitrogen and oxygen atoms in total. The first kappa shape index (κ1) is 15.3. The molecule has 0 radical (unpaired) electrons.